The summed E-state index contributed by atoms with van der Waals surface area (Å²) in [5.41, 5.74) is 2.11. The molecule has 1 fully saturated rings. The van der Waals surface area contributed by atoms with Gasteiger partial charge in [-0.15, -0.1) is 0 Å². The van der Waals surface area contributed by atoms with E-state index in [9.17, 15) is 9.59 Å². The van der Waals surface area contributed by atoms with Gasteiger partial charge in [-0.2, -0.15) is 0 Å². The van der Waals surface area contributed by atoms with Crippen LogP contribution in [0.1, 0.15) is 40.2 Å². The van der Waals surface area contributed by atoms with Crippen molar-refractivity contribution < 1.29 is 23.6 Å². The zero-order chi connectivity index (χ0) is 24.9. The van der Waals surface area contributed by atoms with Crippen LogP contribution in [0.3, 0.4) is 0 Å². The predicted octanol–water partition coefficient (Wildman–Crippen LogP) is 4.42. The Morgan fingerprint density at radius 1 is 1.23 bits per heavy atom. The Kier molecular flexibility index (Phi) is 7.55. The van der Waals surface area contributed by atoms with Gasteiger partial charge in [0.05, 0.1) is 29.3 Å². The molecule has 0 aliphatic carbocycles. The molecule has 184 valence electrons. The lowest BCUT2D eigenvalue weighted by Crippen LogP contribution is -2.43. The van der Waals surface area contributed by atoms with Crippen molar-refractivity contribution in [3.8, 4) is 11.5 Å². The zero-order valence-electron chi connectivity index (χ0n) is 19.8. The van der Waals surface area contributed by atoms with Crippen LogP contribution in [0.15, 0.2) is 41.1 Å². The first kappa shape index (κ1) is 24.5. The highest BCUT2D eigenvalue weighted by molar-refractivity contribution is 6.30. The standard InChI is InChI=1S/C25H27ClN4O5/c1-15-20(16(2)35-29-15)14-34-21-8-6-17(11-22(21)33-3)25(32)30-10-4-5-18(13-30)24(31)28-23-9-7-19(26)12-27-23/h6-9,11-12,18H,4-5,10,13-14H2,1-3H3,(H,27,28,31). The molecule has 1 unspecified atom stereocenters. The first-order valence-electron chi connectivity index (χ1n) is 11.3. The molecule has 0 spiro atoms. The van der Waals surface area contributed by atoms with E-state index >= 15 is 0 Å². The molecule has 35 heavy (non-hydrogen) atoms. The smallest absolute Gasteiger partial charge is 0.254 e. The second-order valence-electron chi connectivity index (χ2n) is 8.40. The number of amides is 2. The number of pyridine rings is 1. The Balaban J connectivity index is 1.41. The largest absolute Gasteiger partial charge is 0.493 e. The minimum Gasteiger partial charge on any atom is -0.493 e. The molecule has 2 aromatic heterocycles. The summed E-state index contributed by atoms with van der Waals surface area (Å²) >= 11 is 5.85. The molecule has 3 heterocycles. The number of nitrogens with one attached hydrogen (secondary N) is 1. The molecule has 0 saturated carbocycles. The molecule has 1 aliphatic heterocycles. The number of benzene rings is 1. The minimum absolute atomic E-state index is 0.164. The Hall–Kier alpha value is -3.59. The first-order valence-corrected chi connectivity index (χ1v) is 11.7. The predicted molar refractivity (Wildman–Crippen MR) is 130 cm³/mol. The highest BCUT2D eigenvalue weighted by Crippen LogP contribution is 2.31. The van der Waals surface area contributed by atoms with E-state index in [2.05, 4.69) is 15.5 Å². The molecule has 10 heteroatoms. The third-order valence-electron chi connectivity index (χ3n) is 6.02. The molecule has 0 bridgehead atoms. The van der Waals surface area contributed by atoms with Gasteiger partial charge in [-0.05, 0) is 57.0 Å². The number of anilines is 1. The Morgan fingerprint density at radius 3 is 2.74 bits per heavy atom. The Morgan fingerprint density at radius 2 is 2.06 bits per heavy atom. The summed E-state index contributed by atoms with van der Waals surface area (Å²) in [4.78, 5) is 31.8. The topological polar surface area (TPSA) is 107 Å². The monoisotopic (exact) mass is 498 g/mol. The fourth-order valence-electron chi connectivity index (χ4n) is 4.01. The first-order chi connectivity index (χ1) is 16.9. The van der Waals surface area contributed by atoms with E-state index in [0.29, 0.717) is 53.2 Å². The van der Waals surface area contributed by atoms with Gasteiger partial charge in [0.25, 0.3) is 5.91 Å². The van der Waals surface area contributed by atoms with E-state index in [4.69, 9.17) is 25.6 Å². The minimum atomic E-state index is -0.329. The molecule has 2 amide bonds. The molecular weight excluding hydrogens is 472 g/mol. The van der Waals surface area contributed by atoms with E-state index in [0.717, 1.165) is 17.7 Å². The van der Waals surface area contributed by atoms with Gasteiger partial charge in [-0.1, -0.05) is 16.8 Å². The zero-order valence-corrected chi connectivity index (χ0v) is 20.6. The van der Waals surface area contributed by atoms with Crippen LogP contribution in [0, 0.1) is 19.8 Å². The average molecular weight is 499 g/mol. The van der Waals surface area contributed by atoms with Gasteiger partial charge in [-0.3, -0.25) is 9.59 Å². The summed E-state index contributed by atoms with van der Waals surface area (Å²) in [5, 5.41) is 7.23. The quantitative estimate of drug-likeness (QED) is 0.513. The number of aromatic nitrogens is 2. The third kappa shape index (κ3) is 5.74. The summed E-state index contributed by atoms with van der Waals surface area (Å²) in [6.45, 7) is 4.86. The lowest BCUT2D eigenvalue weighted by atomic mass is 9.96. The van der Waals surface area contributed by atoms with Gasteiger partial charge in [0.1, 0.15) is 18.2 Å². The number of piperidine rings is 1. The number of hydrogen-bond donors (Lipinski definition) is 1. The molecule has 1 aromatic carbocycles. The number of ether oxygens (including phenoxy) is 2. The summed E-state index contributed by atoms with van der Waals surface area (Å²) in [7, 11) is 1.53. The van der Waals surface area contributed by atoms with Gasteiger partial charge in [0, 0.05) is 24.8 Å². The maximum Gasteiger partial charge on any atom is 0.254 e. The van der Waals surface area contributed by atoms with Crippen LogP contribution in [0.5, 0.6) is 11.5 Å². The Bertz CT molecular complexity index is 1190. The van der Waals surface area contributed by atoms with Crippen LogP contribution in [0.4, 0.5) is 5.82 Å². The second-order valence-corrected chi connectivity index (χ2v) is 8.83. The van der Waals surface area contributed by atoms with Crippen LogP contribution in [0.2, 0.25) is 5.02 Å². The number of aryl methyl sites for hydroxylation is 2. The molecule has 0 radical (unpaired) electrons. The molecular formula is C25H27ClN4O5. The molecule has 1 saturated heterocycles. The molecule has 9 nitrogen and oxygen atoms in total. The SMILES string of the molecule is COc1cc(C(=O)N2CCCC(C(=O)Nc3ccc(Cl)cn3)C2)ccc1OCc1c(C)noc1C. The van der Waals surface area contributed by atoms with E-state index in [-0.39, 0.29) is 24.3 Å². The highest BCUT2D eigenvalue weighted by atomic mass is 35.5. The second kappa shape index (κ2) is 10.8. The van der Waals surface area contributed by atoms with Gasteiger partial charge < -0.3 is 24.2 Å². The summed E-state index contributed by atoms with van der Waals surface area (Å²) in [6, 6.07) is 8.38. The van der Waals surface area contributed by atoms with Crippen molar-refractivity contribution in [2.75, 3.05) is 25.5 Å². The van der Waals surface area contributed by atoms with Crippen molar-refractivity contribution in [2.24, 2.45) is 5.92 Å². The van der Waals surface area contributed by atoms with Crippen molar-refractivity contribution >= 4 is 29.2 Å². The van der Waals surface area contributed by atoms with E-state index in [1.54, 1.807) is 35.2 Å². The van der Waals surface area contributed by atoms with E-state index in [1.807, 2.05) is 13.8 Å². The number of halogens is 1. The van der Waals surface area contributed by atoms with Crippen LogP contribution in [-0.4, -0.2) is 47.1 Å². The number of carbonyl (C=O) groups excluding carboxylic acids is 2. The molecule has 4 rings (SSSR count). The summed E-state index contributed by atoms with van der Waals surface area (Å²) < 4.78 is 16.6. The number of nitrogens with zero attached hydrogens (tertiary/aromatic N) is 3. The normalized spacial score (nSPS) is 15.5. The van der Waals surface area contributed by atoms with Crippen molar-refractivity contribution in [2.45, 2.75) is 33.3 Å². The summed E-state index contributed by atoms with van der Waals surface area (Å²) in [5.74, 6) is 1.42. The lowest BCUT2D eigenvalue weighted by Gasteiger charge is -2.32. The van der Waals surface area contributed by atoms with Gasteiger partial charge in [0.2, 0.25) is 5.91 Å². The number of hydrogen-bond acceptors (Lipinski definition) is 7. The Labute approximate surface area is 208 Å². The average Bonchev–Trinajstić information content (AvgIpc) is 3.20. The van der Waals surface area contributed by atoms with Gasteiger partial charge >= 0.3 is 0 Å². The van der Waals surface area contributed by atoms with E-state index < -0.39 is 0 Å². The number of methoxy groups -OCH3 is 1. The molecule has 3 aromatic rings. The summed E-state index contributed by atoms with van der Waals surface area (Å²) in [6.07, 6.45) is 2.90. The maximum atomic E-state index is 13.2. The van der Waals surface area contributed by atoms with Crippen molar-refractivity contribution in [3.05, 3.63) is 64.1 Å². The molecule has 1 aliphatic rings. The van der Waals surface area contributed by atoms with Crippen LogP contribution >= 0.6 is 11.6 Å². The van der Waals surface area contributed by atoms with Gasteiger partial charge in [-0.25, -0.2) is 4.98 Å². The molecule has 1 atom stereocenters. The number of rotatable bonds is 7. The van der Waals surface area contributed by atoms with Crippen LogP contribution in [-0.2, 0) is 11.4 Å². The van der Waals surface area contributed by atoms with Gasteiger partial charge in [0.15, 0.2) is 11.5 Å². The van der Waals surface area contributed by atoms with Crippen molar-refractivity contribution in [3.63, 3.8) is 0 Å². The fraction of sp³-hybridized carbons (Fsp3) is 0.360. The van der Waals surface area contributed by atoms with Crippen molar-refractivity contribution in [1.29, 1.82) is 0 Å². The number of carbonyl (C=O) groups is 2. The van der Waals surface area contributed by atoms with Crippen LogP contribution in [0.25, 0.3) is 0 Å². The maximum absolute atomic E-state index is 13.2. The highest BCUT2D eigenvalue weighted by Gasteiger charge is 2.29. The lowest BCUT2D eigenvalue weighted by molar-refractivity contribution is -0.121. The fourth-order valence-corrected chi connectivity index (χ4v) is 4.13. The number of likely N-dealkylation sites (tertiary alicyclic amines) is 1. The van der Waals surface area contributed by atoms with Crippen molar-refractivity contribution in [1.82, 2.24) is 15.0 Å². The molecule has 1 N–H and O–H groups in total. The van der Waals surface area contributed by atoms with E-state index in [1.165, 1.54) is 13.3 Å². The third-order valence-corrected chi connectivity index (χ3v) is 6.25. The van der Waals surface area contributed by atoms with Crippen LogP contribution < -0.4 is 14.8 Å².